The first-order valence-corrected chi connectivity index (χ1v) is 7.38. The summed E-state index contributed by atoms with van der Waals surface area (Å²) < 4.78 is 15.6. The highest BCUT2D eigenvalue weighted by atomic mass is 79.9. The van der Waals surface area contributed by atoms with E-state index in [1.54, 1.807) is 12.1 Å². The zero-order chi connectivity index (χ0) is 14.2. The van der Waals surface area contributed by atoms with Gasteiger partial charge in [-0.3, -0.25) is 0 Å². The Bertz CT molecular complexity index is 626. The highest BCUT2D eigenvalue weighted by Gasteiger charge is 2.18. The highest BCUT2D eigenvalue weighted by Crippen LogP contribution is 2.31. The maximum absolute atomic E-state index is 13.8. The van der Waals surface area contributed by atoms with Crippen LogP contribution in [0.2, 0.25) is 0 Å². The van der Waals surface area contributed by atoms with Crippen LogP contribution in [0, 0.1) is 19.7 Å². The quantitative estimate of drug-likeness (QED) is 0.764. The summed E-state index contributed by atoms with van der Waals surface area (Å²) in [5.41, 5.74) is 2.93. The fourth-order valence-electron chi connectivity index (χ4n) is 1.99. The van der Waals surface area contributed by atoms with E-state index in [0.717, 1.165) is 25.6 Å². The van der Waals surface area contributed by atoms with E-state index in [1.165, 1.54) is 6.07 Å². The van der Waals surface area contributed by atoms with E-state index in [4.69, 9.17) is 0 Å². The van der Waals surface area contributed by atoms with Crippen LogP contribution in [-0.2, 0) is 0 Å². The van der Waals surface area contributed by atoms with Gasteiger partial charge in [-0.1, -0.05) is 37.9 Å². The van der Waals surface area contributed by atoms with Gasteiger partial charge in [0, 0.05) is 14.5 Å². The lowest BCUT2D eigenvalue weighted by Gasteiger charge is -2.17. The molecule has 2 rings (SSSR count). The molecule has 4 heteroatoms. The molecule has 0 heterocycles. The van der Waals surface area contributed by atoms with Crippen LogP contribution in [0.25, 0.3) is 0 Å². The molecule has 1 atom stereocenters. The van der Waals surface area contributed by atoms with Gasteiger partial charge in [0.2, 0.25) is 0 Å². The van der Waals surface area contributed by atoms with Gasteiger partial charge in [0.1, 0.15) is 11.9 Å². The molecule has 0 amide bonds. The van der Waals surface area contributed by atoms with Crippen LogP contribution in [-0.4, -0.2) is 5.11 Å². The third-order valence-electron chi connectivity index (χ3n) is 3.09. The first-order chi connectivity index (χ1) is 8.90. The second-order valence-corrected chi connectivity index (χ2v) is 6.30. The number of aliphatic hydroxyl groups excluding tert-OH is 1. The molecular formula is C15H13Br2FO. The van der Waals surface area contributed by atoms with E-state index in [-0.39, 0.29) is 5.56 Å². The van der Waals surface area contributed by atoms with Crippen LogP contribution in [0.15, 0.2) is 39.3 Å². The number of aryl methyl sites for hydroxylation is 2. The number of benzene rings is 2. The third-order valence-corrected chi connectivity index (χ3v) is 4.44. The molecule has 100 valence electrons. The summed E-state index contributed by atoms with van der Waals surface area (Å²) in [5.74, 6) is -0.407. The minimum atomic E-state index is -0.968. The maximum atomic E-state index is 13.8. The van der Waals surface area contributed by atoms with E-state index >= 15 is 0 Å². The summed E-state index contributed by atoms with van der Waals surface area (Å²) >= 11 is 6.74. The smallest absolute Gasteiger partial charge is 0.129 e. The second kappa shape index (κ2) is 5.73. The van der Waals surface area contributed by atoms with Crippen molar-refractivity contribution >= 4 is 31.9 Å². The fraction of sp³-hybridized carbons (Fsp3) is 0.200. The van der Waals surface area contributed by atoms with E-state index in [1.807, 2.05) is 26.0 Å². The standard InChI is InChI=1S/C15H13Br2FO/c1-8-6-13(17)9(2)5-11(8)15(19)12-7-10(16)3-4-14(12)18/h3-7,15,19H,1-2H3. The Labute approximate surface area is 128 Å². The highest BCUT2D eigenvalue weighted by molar-refractivity contribution is 9.10. The van der Waals surface area contributed by atoms with Gasteiger partial charge in [-0.15, -0.1) is 0 Å². The summed E-state index contributed by atoms with van der Waals surface area (Å²) in [6.45, 7) is 3.84. The molecule has 0 saturated heterocycles. The van der Waals surface area contributed by atoms with Crippen LogP contribution in [0.5, 0.6) is 0 Å². The molecule has 0 bridgehead atoms. The molecule has 0 spiro atoms. The van der Waals surface area contributed by atoms with Gasteiger partial charge in [-0.2, -0.15) is 0 Å². The maximum Gasteiger partial charge on any atom is 0.129 e. The first-order valence-electron chi connectivity index (χ1n) is 5.80. The molecular weight excluding hydrogens is 375 g/mol. The Kier molecular flexibility index (Phi) is 4.43. The molecule has 1 N–H and O–H groups in total. The summed E-state index contributed by atoms with van der Waals surface area (Å²) in [4.78, 5) is 0. The van der Waals surface area contributed by atoms with Crippen LogP contribution in [0.3, 0.4) is 0 Å². The van der Waals surface area contributed by atoms with Crippen LogP contribution < -0.4 is 0 Å². The Hall–Kier alpha value is -0.710. The molecule has 0 aromatic heterocycles. The zero-order valence-corrected chi connectivity index (χ0v) is 13.7. The van der Waals surface area contributed by atoms with E-state index in [0.29, 0.717) is 0 Å². The van der Waals surface area contributed by atoms with Crippen molar-refractivity contribution in [2.75, 3.05) is 0 Å². The predicted octanol–water partition coefficient (Wildman–Crippen LogP) is 5.05. The van der Waals surface area contributed by atoms with Crippen molar-refractivity contribution in [3.8, 4) is 0 Å². The molecule has 1 unspecified atom stereocenters. The van der Waals surface area contributed by atoms with Crippen molar-refractivity contribution in [1.82, 2.24) is 0 Å². The Balaban J connectivity index is 2.52. The Morgan fingerprint density at radius 2 is 1.68 bits per heavy atom. The van der Waals surface area contributed by atoms with Gasteiger partial charge in [0.25, 0.3) is 0 Å². The lowest BCUT2D eigenvalue weighted by Crippen LogP contribution is -2.05. The molecule has 19 heavy (non-hydrogen) atoms. The topological polar surface area (TPSA) is 20.2 Å². The number of aliphatic hydroxyl groups is 1. The van der Waals surface area contributed by atoms with Crippen molar-refractivity contribution in [1.29, 1.82) is 0 Å². The molecule has 0 aliphatic rings. The van der Waals surface area contributed by atoms with Crippen molar-refractivity contribution in [3.63, 3.8) is 0 Å². The molecule has 0 saturated carbocycles. The van der Waals surface area contributed by atoms with Crippen LogP contribution >= 0.6 is 31.9 Å². The lowest BCUT2D eigenvalue weighted by molar-refractivity contribution is 0.214. The minimum Gasteiger partial charge on any atom is -0.384 e. The average Bonchev–Trinajstić information content (AvgIpc) is 2.36. The molecule has 2 aromatic rings. The monoisotopic (exact) mass is 386 g/mol. The Morgan fingerprint density at radius 3 is 2.37 bits per heavy atom. The van der Waals surface area contributed by atoms with Gasteiger partial charge in [-0.05, 0) is 54.8 Å². The molecule has 2 aromatic carbocycles. The minimum absolute atomic E-state index is 0.277. The van der Waals surface area contributed by atoms with Crippen molar-refractivity contribution in [2.45, 2.75) is 20.0 Å². The lowest BCUT2D eigenvalue weighted by atomic mass is 9.95. The van der Waals surface area contributed by atoms with E-state index < -0.39 is 11.9 Å². The summed E-state index contributed by atoms with van der Waals surface area (Å²) in [7, 11) is 0. The third kappa shape index (κ3) is 3.07. The van der Waals surface area contributed by atoms with Crippen LogP contribution in [0.4, 0.5) is 4.39 Å². The zero-order valence-electron chi connectivity index (χ0n) is 10.5. The van der Waals surface area contributed by atoms with Gasteiger partial charge >= 0.3 is 0 Å². The predicted molar refractivity (Wildman–Crippen MR) is 81.8 cm³/mol. The SMILES string of the molecule is Cc1cc(C(O)c2cc(Br)ccc2F)c(C)cc1Br. The molecule has 0 fully saturated rings. The Morgan fingerprint density at radius 1 is 1.00 bits per heavy atom. The van der Waals surface area contributed by atoms with Gasteiger partial charge in [-0.25, -0.2) is 4.39 Å². The summed E-state index contributed by atoms with van der Waals surface area (Å²) in [5, 5.41) is 10.4. The number of halogens is 3. The summed E-state index contributed by atoms with van der Waals surface area (Å²) in [6.07, 6.45) is -0.968. The summed E-state index contributed by atoms with van der Waals surface area (Å²) in [6, 6.07) is 8.39. The van der Waals surface area contributed by atoms with E-state index in [9.17, 15) is 9.50 Å². The normalized spacial score (nSPS) is 12.5. The second-order valence-electron chi connectivity index (χ2n) is 4.53. The van der Waals surface area contributed by atoms with Crippen molar-refractivity contribution < 1.29 is 9.50 Å². The largest absolute Gasteiger partial charge is 0.384 e. The average molecular weight is 388 g/mol. The number of hydrogen-bond acceptors (Lipinski definition) is 1. The van der Waals surface area contributed by atoms with Gasteiger partial charge < -0.3 is 5.11 Å². The van der Waals surface area contributed by atoms with E-state index in [2.05, 4.69) is 31.9 Å². The number of rotatable bonds is 2. The van der Waals surface area contributed by atoms with Crippen molar-refractivity contribution in [2.24, 2.45) is 0 Å². The van der Waals surface area contributed by atoms with Gasteiger partial charge in [0.05, 0.1) is 0 Å². The van der Waals surface area contributed by atoms with Crippen molar-refractivity contribution in [3.05, 3.63) is 67.3 Å². The molecule has 0 radical (unpaired) electrons. The number of hydrogen-bond donors (Lipinski definition) is 1. The molecule has 0 aliphatic heterocycles. The fourth-order valence-corrected chi connectivity index (χ4v) is 2.83. The van der Waals surface area contributed by atoms with Gasteiger partial charge in [0.15, 0.2) is 0 Å². The van der Waals surface area contributed by atoms with Crippen LogP contribution in [0.1, 0.15) is 28.4 Å². The molecule has 1 nitrogen and oxygen atoms in total. The first kappa shape index (κ1) is 14.7. The molecule has 0 aliphatic carbocycles.